The predicted octanol–water partition coefficient (Wildman–Crippen LogP) is 2.30. The summed E-state index contributed by atoms with van der Waals surface area (Å²) >= 11 is 0. The number of amides is 2. The molecular formula is C14H26N2O3. The maximum Gasteiger partial charge on any atom is 0.331 e. The molecule has 1 atom stereocenters. The maximum absolute atomic E-state index is 12.3. The summed E-state index contributed by atoms with van der Waals surface area (Å²) in [6.45, 7) is 5.27. The molecule has 1 aliphatic rings. The molecule has 110 valence electrons. The fourth-order valence-electron chi connectivity index (χ4n) is 2.53. The van der Waals surface area contributed by atoms with Crippen molar-refractivity contribution in [2.75, 3.05) is 20.2 Å². The monoisotopic (exact) mass is 270 g/mol. The molecule has 1 N–H and O–H groups in total. The third-order valence-electron chi connectivity index (χ3n) is 3.66. The highest BCUT2D eigenvalue weighted by Gasteiger charge is 2.36. The molecule has 0 aromatic carbocycles. The molecular weight excluding hydrogens is 244 g/mol. The number of methoxy groups -OCH3 is 1. The second-order valence-electron chi connectivity index (χ2n) is 5.41. The van der Waals surface area contributed by atoms with Gasteiger partial charge < -0.3 is 15.0 Å². The highest BCUT2D eigenvalue weighted by Crippen LogP contribution is 2.16. The van der Waals surface area contributed by atoms with Crippen LogP contribution in [0.5, 0.6) is 0 Å². The summed E-state index contributed by atoms with van der Waals surface area (Å²) in [5.74, 6) is -0.377. The molecule has 1 rings (SSSR count). The quantitative estimate of drug-likeness (QED) is 0.797. The smallest absolute Gasteiger partial charge is 0.331 e. The number of esters is 1. The van der Waals surface area contributed by atoms with E-state index in [1.165, 1.54) is 20.0 Å². The number of nitrogens with zero attached hydrogens (tertiary/aromatic N) is 1. The second-order valence-corrected chi connectivity index (χ2v) is 5.41. The van der Waals surface area contributed by atoms with E-state index in [0.717, 1.165) is 32.4 Å². The number of urea groups is 1. The van der Waals surface area contributed by atoms with Crippen LogP contribution < -0.4 is 5.32 Å². The minimum Gasteiger partial charge on any atom is -0.467 e. The molecule has 1 fully saturated rings. The van der Waals surface area contributed by atoms with Gasteiger partial charge in [0.2, 0.25) is 0 Å². The summed E-state index contributed by atoms with van der Waals surface area (Å²) in [5.41, 5.74) is -0.924. The standard InChI is InChI=1S/C14H26N2O3/c1-4-9-14(2,12(17)19-3)15-13(18)16-10-7-5-6-8-11-16/h4-11H2,1-3H3,(H,15,18). The lowest BCUT2D eigenvalue weighted by molar-refractivity contribution is -0.147. The SMILES string of the molecule is CCCC(C)(NC(=O)N1CCCCCC1)C(=O)OC. The highest BCUT2D eigenvalue weighted by atomic mass is 16.5. The van der Waals surface area contributed by atoms with Gasteiger partial charge in [-0.2, -0.15) is 0 Å². The molecule has 5 heteroatoms. The van der Waals surface area contributed by atoms with Crippen molar-refractivity contribution in [3.8, 4) is 0 Å². The number of hydrogen-bond donors (Lipinski definition) is 1. The van der Waals surface area contributed by atoms with E-state index in [1.54, 1.807) is 6.92 Å². The Bertz CT molecular complexity index is 312. The van der Waals surface area contributed by atoms with Gasteiger partial charge in [-0.05, 0) is 26.2 Å². The first-order valence-corrected chi connectivity index (χ1v) is 7.19. The van der Waals surface area contributed by atoms with Crippen LogP contribution in [0, 0.1) is 0 Å². The van der Waals surface area contributed by atoms with Crippen molar-refractivity contribution in [2.24, 2.45) is 0 Å². The second kappa shape index (κ2) is 7.36. The van der Waals surface area contributed by atoms with Gasteiger partial charge in [0, 0.05) is 13.1 Å². The van der Waals surface area contributed by atoms with Crippen molar-refractivity contribution in [3.63, 3.8) is 0 Å². The van der Waals surface area contributed by atoms with Crippen LogP contribution in [0.1, 0.15) is 52.4 Å². The van der Waals surface area contributed by atoms with Crippen LogP contribution in [0.4, 0.5) is 4.79 Å². The van der Waals surface area contributed by atoms with Crippen LogP contribution in [0.3, 0.4) is 0 Å². The van der Waals surface area contributed by atoms with Gasteiger partial charge in [0.05, 0.1) is 7.11 Å². The van der Waals surface area contributed by atoms with E-state index in [-0.39, 0.29) is 12.0 Å². The van der Waals surface area contributed by atoms with Crippen molar-refractivity contribution in [2.45, 2.75) is 57.9 Å². The largest absolute Gasteiger partial charge is 0.467 e. The van der Waals surface area contributed by atoms with Crippen LogP contribution >= 0.6 is 0 Å². The third kappa shape index (κ3) is 4.40. The van der Waals surface area contributed by atoms with E-state index in [1.807, 2.05) is 11.8 Å². The topological polar surface area (TPSA) is 58.6 Å². The van der Waals surface area contributed by atoms with Gasteiger partial charge >= 0.3 is 12.0 Å². The average Bonchev–Trinajstić information content (AvgIpc) is 2.66. The lowest BCUT2D eigenvalue weighted by atomic mass is 9.96. The van der Waals surface area contributed by atoms with Crippen LogP contribution in [0.2, 0.25) is 0 Å². The third-order valence-corrected chi connectivity index (χ3v) is 3.66. The van der Waals surface area contributed by atoms with Gasteiger partial charge in [0.15, 0.2) is 0 Å². The first-order valence-electron chi connectivity index (χ1n) is 7.19. The van der Waals surface area contributed by atoms with Crippen LogP contribution in [-0.4, -0.2) is 42.6 Å². The van der Waals surface area contributed by atoms with Crippen molar-refractivity contribution < 1.29 is 14.3 Å². The molecule has 0 aromatic heterocycles. The van der Waals surface area contributed by atoms with Crippen molar-refractivity contribution in [1.82, 2.24) is 10.2 Å². The van der Waals surface area contributed by atoms with Gasteiger partial charge in [0.25, 0.3) is 0 Å². The van der Waals surface area contributed by atoms with Gasteiger partial charge in [-0.25, -0.2) is 9.59 Å². The minimum atomic E-state index is -0.924. The predicted molar refractivity (Wildman–Crippen MR) is 73.9 cm³/mol. The summed E-state index contributed by atoms with van der Waals surface area (Å²) in [6, 6.07) is -0.150. The first kappa shape index (κ1) is 15.8. The molecule has 0 aliphatic carbocycles. The summed E-state index contributed by atoms with van der Waals surface area (Å²) in [6.07, 6.45) is 5.82. The van der Waals surface area contributed by atoms with Crippen molar-refractivity contribution in [1.29, 1.82) is 0 Å². The molecule has 0 radical (unpaired) electrons. The number of carbonyl (C=O) groups is 2. The van der Waals surface area contributed by atoms with E-state index in [0.29, 0.717) is 6.42 Å². The minimum absolute atomic E-state index is 0.150. The Kier molecular flexibility index (Phi) is 6.12. The molecule has 19 heavy (non-hydrogen) atoms. The number of likely N-dealkylation sites (tertiary alicyclic amines) is 1. The van der Waals surface area contributed by atoms with E-state index in [4.69, 9.17) is 4.74 Å². The fourth-order valence-corrected chi connectivity index (χ4v) is 2.53. The number of nitrogens with one attached hydrogen (secondary N) is 1. The van der Waals surface area contributed by atoms with E-state index >= 15 is 0 Å². The molecule has 5 nitrogen and oxygen atoms in total. The van der Waals surface area contributed by atoms with Crippen LogP contribution in [0.25, 0.3) is 0 Å². The Morgan fingerprint density at radius 3 is 2.26 bits per heavy atom. The van der Waals surface area contributed by atoms with Crippen LogP contribution in [-0.2, 0) is 9.53 Å². The Balaban J connectivity index is 2.66. The lowest BCUT2D eigenvalue weighted by Crippen LogP contribution is -2.56. The molecule has 1 heterocycles. The van der Waals surface area contributed by atoms with Gasteiger partial charge in [-0.1, -0.05) is 26.2 Å². The highest BCUT2D eigenvalue weighted by molar-refractivity contribution is 5.87. The Morgan fingerprint density at radius 2 is 1.79 bits per heavy atom. The molecule has 1 unspecified atom stereocenters. The van der Waals surface area contributed by atoms with Crippen LogP contribution in [0.15, 0.2) is 0 Å². The Morgan fingerprint density at radius 1 is 1.21 bits per heavy atom. The summed E-state index contributed by atoms with van der Waals surface area (Å²) in [4.78, 5) is 25.9. The van der Waals surface area contributed by atoms with Gasteiger partial charge in [0.1, 0.15) is 5.54 Å². The Hall–Kier alpha value is -1.26. The zero-order chi connectivity index (χ0) is 14.3. The number of carbonyl (C=O) groups excluding carboxylic acids is 2. The Labute approximate surface area is 115 Å². The van der Waals surface area contributed by atoms with E-state index < -0.39 is 5.54 Å². The summed E-state index contributed by atoms with van der Waals surface area (Å²) < 4.78 is 4.81. The fraction of sp³-hybridized carbons (Fsp3) is 0.857. The first-order chi connectivity index (χ1) is 9.03. The molecule has 0 spiro atoms. The van der Waals surface area contributed by atoms with E-state index in [2.05, 4.69) is 5.32 Å². The number of ether oxygens (including phenoxy) is 1. The molecule has 1 saturated heterocycles. The summed E-state index contributed by atoms with van der Waals surface area (Å²) in [7, 11) is 1.36. The maximum atomic E-state index is 12.3. The van der Waals surface area contributed by atoms with Gasteiger partial charge in [-0.15, -0.1) is 0 Å². The van der Waals surface area contributed by atoms with E-state index in [9.17, 15) is 9.59 Å². The zero-order valence-electron chi connectivity index (χ0n) is 12.3. The zero-order valence-corrected chi connectivity index (χ0v) is 12.3. The van der Waals surface area contributed by atoms with Crippen molar-refractivity contribution in [3.05, 3.63) is 0 Å². The molecule has 0 bridgehead atoms. The molecule has 0 aromatic rings. The summed E-state index contributed by atoms with van der Waals surface area (Å²) in [5, 5.41) is 2.85. The average molecular weight is 270 g/mol. The van der Waals surface area contributed by atoms with Crippen molar-refractivity contribution >= 4 is 12.0 Å². The molecule has 1 aliphatic heterocycles. The number of rotatable bonds is 4. The normalized spacial score (nSPS) is 19.2. The lowest BCUT2D eigenvalue weighted by Gasteiger charge is -2.31. The molecule has 2 amide bonds. The molecule has 0 saturated carbocycles. The number of hydrogen-bond acceptors (Lipinski definition) is 3. The van der Waals surface area contributed by atoms with Gasteiger partial charge in [-0.3, -0.25) is 0 Å².